The molecule has 1 atom stereocenters. The smallest absolute Gasteiger partial charge is 0.264 e. The van der Waals surface area contributed by atoms with Gasteiger partial charge in [-0.2, -0.15) is 0 Å². The first-order chi connectivity index (χ1) is 10.3. The van der Waals surface area contributed by atoms with Gasteiger partial charge in [0.25, 0.3) is 10.0 Å². The molecule has 0 radical (unpaired) electrons. The first-order valence-corrected chi connectivity index (χ1v) is 7.91. The van der Waals surface area contributed by atoms with Gasteiger partial charge in [0.15, 0.2) is 11.6 Å². The molecule has 0 aliphatic heterocycles. The maximum atomic E-state index is 13.1. The summed E-state index contributed by atoms with van der Waals surface area (Å²) in [6, 6.07) is 5.44. The summed E-state index contributed by atoms with van der Waals surface area (Å²) in [6.07, 6.45) is 3.43. The van der Waals surface area contributed by atoms with Crippen LogP contribution in [0.2, 0.25) is 0 Å². The van der Waals surface area contributed by atoms with Crippen molar-refractivity contribution in [2.75, 3.05) is 0 Å². The molecule has 8 heteroatoms. The maximum Gasteiger partial charge on any atom is 0.264 e. The fourth-order valence-corrected chi connectivity index (χ4v) is 2.92. The summed E-state index contributed by atoms with van der Waals surface area (Å²) in [5.41, 5.74) is 0. The molecule has 22 heavy (non-hydrogen) atoms. The average Bonchev–Trinajstić information content (AvgIpc) is 2.95. The Morgan fingerprint density at radius 3 is 2.45 bits per heavy atom. The van der Waals surface area contributed by atoms with Crippen LogP contribution in [-0.2, 0) is 14.8 Å². The van der Waals surface area contributed by atoms with Crippen molar-refractivity contribution in [1.82, 2.24) is 9.29 Å². The van der Waals surface area contributed by atoms with Crippen molar-refractivity contribution < 1.29 is 22.0 Å². The van der Waals surface area contributed by atoms with Crippen molar-refractivity contribution >= 4 is 15.9 Å². The quantitative estimate of drug-likeness (QED) is 0.915. The van der Waals surface area contributed by atoms with Gasteiger partial charge >= 0.3 is 0 Å². The van der Waals surface area contributed by atoms with E-state index in [0.717, 1.165) is 6.07 Å². The summed E-state index contributed by atoms with van der Waals surface area (Å²) in [7, 11) is -4.23. The molecule has 0 unspecified atom stereocenters. The monoisotopic (exact) mass is 328 g/mol. The molecular formula is C14H14F2N2O3S. The fraction of sp³-hybridized carbons (Fsp3) is 0.214. The Labute approximate surface area is 126 Å². The topological polar surface area (TPSA) is 68.2 Å². The number of hydrogen-bond donors (Lipinski definition) is 1. The number of nitrogens with one attached hydrogen (secondary N) is 1. The van der Waals surface area contributed by atoms with Crippen molar-refractivity contribution in [3.8, 4) is 0 Å². The van der Waals surface area contributed by atoms with Gasteiger partial charge in [-0.25, -0.2) is 21.9 Å². The second-order valence-electron chi connectivity index (χ2n) is 4.79. The van der Waals surface area contributed by atoms with Crippen LogP contribution in [0.25, 0.3) is 0 Å². The zero-order valence-electron chi connectivity index (χ0n) is 11.7. The standard InChI is InChI=1S/C14H14F2N2O3S/c1-10(18-6-2-3-7-18)8-14(19)17-22(20,21)11-4-5-12(15)13(16)9-11/h2-7,9-10H,8H2,1H3,(H,17,19)/t10-/m0/s1. The minimum absolute atomic E-state index is 0.0718. The number of halogens is 2. The number of amides is 1. The van der Waals surface area contributed by atoms with E-state index in [9.17, 15) is 22.0 Å². The molecule has 118 valence electrons. The summed E-state index contributed by atoms with van der Waals surface area (Å²) in [5, 5.41) is 0. The highest BCUT2D eigenvalue weighted by Gasteiger charge is 2.20. The van der Waals surface area contributed by atoms with Crippen LogP contribution < -0.4 is 4.72 Å². The number of benzene rings is 1. The Morgan fingerprint density at radius 1 is 1.23 bits per heavy atom. The van der Waals surface area contributed by atoms with Crippen LogP contribution in [0, 0.1) is 11.6 Å². The highest BCUT2D eigenvalue weighted by Crippen LogP contribution is 2.15. The average molecular weight is 328 g/mol. The van der Waals surface area contributed by atoms with Crippen LogP contribution in [0.15, 0.2) is 47.6 Å². The number of sulfonamides is 1. The molecule has 0 spiro atoms. The molecule has 0 bridgehead atoms. The second kappa shape index (κ2) is 6.27. The minimum atomic E-state index is -4.23. The third-order valence-corrected chi connectivity index (χ3v) is 4.44. The zero-order chi connectivity index (χ0) is 16.3. The van der Waals surface area contributed by atoms with E-state index in [-0.39, 0.29) is 12.5 Å². The number of carbonyl (C=O) groups excluding carboxylic acids is 1. The van der Waals surface area contributed by atoms with E-state index in [2.05, 4.69) is 0 Å². The van der Waals surface area contributed by atoms with E-state index in [0.29, 0.717) is 12.1 Å². The predicted octanol–water partition coefficient (Wildman–Crippen LogP) is 2.22. The molecule has 1 aromatic carbocycles. The van der Waals surface area contributed by atoms with Crippen molar-refractivity contribution in [3.63, 3.8) is 0 Å². The van der Waals surface area contributed by atoms with Gasteiger partial charge in [0.05, 0.1) is 4.90 Å². The van der Waals surface area contributed by atoms with Crippen molar-refractivity contribution in [1.29, 1.82) is 0 Å². The fourth-order valence-electron chi connectivity index (χ4n) is 1.91. The first kappa shape index (κ1) is 16.2. The number of aromatic nitrogens is 1. The van der Waals surface area contributed by atoms with Gasteiger partial charge in [0.2, 0.25) is 5.91 Å². The number of hydrogen-bond acceptors (Lipinski definition) is 3. The molecule has 2 aromatic rings. The summed E-state index contributed by atoms with van der Waals surface area (Å²) in [5.74, 6) is -3.19. The molecule has 1 amide bonds. The molecule has 1 N–H and O–H groups in total. The Bertz CT molecular complexity index is 773. The third kappa shape index (κ3) is 3.70. The van der Waals surface area contributed by atoms with E-state index >= 15 is 0 Å². The van der Waals surface area contributed by atoms with E-state index < -0.39 is 32.5 Å². The van der Waals surface area contributed by atoms with Gasteiger partial charge < -0.3 is 4.57 Å². The van der Waals surface area contributed by atoms with Crippen LogP contribution in [0.5, 0.6) is 0 Å². The summed E-state index contributed by atoms with van der Waals surface area (Å²) in [4.78, 5) is 11.3. The largest absolute Gasteiger partial charge is 0.351 e. The van der Waals surface area contributed by atoms with Gasteiger partial charge in [-0.1, -0.05) is 0 Å². The van der Waals surface area contributed by atoms with Crippen molar-refractivity contribution in [3.05, 3.63) is 54.4 Å². The predicted molar refractivity (Wildman–Crippen MR) is 75.4 cm³/mol. The molecule has 2 rings (SSSR count). The molecule has 0 saturated carbocycles. The Kier molecular flexibility index (Phi) is 4.60. The minimum Gasteiger partial charge on any atom is -0.351 e. The van der Waals surface area contributed by atoms with Crippen LogP contribution in [0.3, 0.4) is 0 Å². The van der Waals surface area contributed by atoms with Crippen LogP contribution >= 0.6 is 0 Å². The summed E-state index contributed by atoms with van der Waals surface area (Å²) in [6.45, 7) is 1.75. The first-order valence-electron chi connectivity index (χ1n) is 6.43. The van der Waals surface area contributed by atoms with Crippen LogP contribution in [-0.4, -0.2) is 18.9 Å². The molecule has 0 saturated heterocycles. The molecule has 1 aromatic heterocycles. The van der Waals surface area contributed by atoms with Gasteiger partial charge in [-0.15, -0.1) is 0 Å². The molecular weight excluding hydrogens is 314 g/mol. The number of carbonyl (C=O) groups is 1. The van der Waals surface area contributed by atoms with Crippen LogP contribution in [0.1, 0.15) is 19.4 Å². The van der Waals surface area contributed by atoms with Crippen molar-refractivity contribution in [2.24, 2.45) is 0 Å². The van der Waals surface area contributed by atoms with Gasteiger partial charge in [0, 0.05) is 24.9 Å². The number of nitrogens with zero attached hydrogens (tertiary/aromatic N) is 1. The van der Waals surface area contributed by atoms with E-state index in [1.165, 1.54) is 0 Å². The zero-order valence-corrected chi connectivity index (χ0v) is 12.5. The SMILES string of the molecule is C[C@@H](CC(=O)NS(=O)(=O)c1ccc(F)c(F)c1)n1cccc1. The Morgan fingerprint density at radius 2 is 1.86 bits per heavy atom. The second-order valence-corrected chi connectivity index (χ2v) is 6.47. The van der Waals surface area contributed by atoms with Gasteiger partial charge in [0.1, 0.15) is 0 Å². The Balaban J connectivity index is 2.08. The van der Waals surface area contributed by atoms with Crippen LogP contribution in [0.4, 0.5) is 8.78 Å². The molecule has 5 nitrogen and oxygen atoms in total. The van der Waals surface area contributed by atoms with Gasteiger partial charge in [-0.3, -0.25) is 4.79 Å². The lowest BCUT2D eigenvalue weighted by Crippen LogP contribution is -2.32. The van der Waals surface area contributed by atoms with Crippen molar-refractivity contribution in [2.45, 2.75) is 24.3 Å². The lowest BCUT2D eigenvalue weighted by molar-refractivity contribution is -0.120. The van der Waals surface area contributed by atoms with Gasteiger partial charge in [-0.05, 0) is 37.3 Å². The number of rotatable bonds is 5. The highest BCUT2D eigenvalue weighted by molar-refractivity contribution is 7.90. The van der Waals surface area contributed by atoms with E-state index in [1.54, 1.807) is 36.0 Å². The molecule has 1 heterocycles. The lowest BCUT2D eigenvalue weighted by atomic mass is 10.2. The highest BCUT2D eigenvalue weighted by atomic mass is 32.2. The maximum absolute atomic E-state index is 13.1. The summed E-state index contributed by atoms with van der Waals surface area (Å²) < 4.78 is 53.4. The summed E-state index contributed by atoms with van der Waals surface area (Å²) >= 11 is 0. The lowest BCUT2D eigenvalue weighted by Gasteiger charge is -2.13. The third-order valence-electron chi connectivity index (χ3n) is 3.07. The molecule has 0 aliphatic carbocycles. The van der Waals surface area contributed by atoms with E-state index in [1.807, 2.05) is 4.72 Å². The normalized spacial score (nSPS) is 12.9. The molecule has 0 aliphatic rings. The van der Waals surface area contributed by atoms with E-state index in [4.69, 9.17) is 0 Å². The Hall–Kier alpha value is -2.22. The molecule has 0 fully saturated rings.